The lowest BCUT2D eigenvalue weighted by molar-refractivity contribution is 0.0949. The van der Waals surface area contributed by atoms with E-state index in [2.05, 4.69) is 10.6 Å². The molecule has 3 nitrogen and oxygen atoms in total. The number of amides is 1. The van der Waals surface area contributed by atoms with Gasteiger partial charge in [-0.1, -0.05) is 13.0 Å². The molecule has 0 atom stereocenters. The first-order valence-corrected chi connectivity index (χ1v) is 5.09. The Bertz CT molecular complexity index is 374. The summed E-state index contributed by atoms with van der Waals surface area (Å²) in [5, 5.41) is 5.49. The molecule has 0 heterocycles. The molecule has 0 aliphatic rings. The summed E-state index contributed by atoms with van der Waals surface area (Å²) in [6, 6.07) is 3.53. The van der Waals surface area contributed by atoms with E-state index in [4.69, 9.17) is 0 Å². The standard InChI is InChI=1S/C11H14F2N2O.ClH/c1-2-14-6-7-15-11(16)8-4-3-5-9(12)10(8)13;/h3-5,14H,2,6-7H2,1H3,(H,15,16);1H. The number of hydrogen-bond acceptors (Lipinski definition) is 2. The van der Waals surface area contributed by atoms with Gasteiger partial charge in [0, 0.05) is 13.1 Å². The maximum absolute atomic E-state index is 13.2. The summed E-state index contributed by atoms with van der Waals surface area (Å²) < 4.78 is 26.0. The molecule has 1 rings (SSSR count). The second-order valence-corrected chi connectivity index (χ2v) is 3.21. The van der Waals surface area contributed by atoms with Crippen molar-refractivity contribution in [1.82, 2.24) is 10.6 Å². The number of nitrogens with one attached hydrogen (secondary N) is 2. The van der Waals surface area contributed by atoms with Gasteiger partial charge in [0.15, 0.2) is 11.6 Å². The van der Waals surface area contributed by atoms with Crippen LogP contribution in [0.2, 0.25) is 0 Å². The molecule has 1 amide bonds. The third-order valence-electron chi connectivity index (χ3n) is 2.03. The first-order valence-electron chi connectivity index (χ1n) is 5.09. The average molecular weight is 265 g/mol. The molecule has 0 fully saturated rings. The maximum Gasteiger partial charge on any atom is 0.254 e. The lowest BCUT2D eigenvalue weighted by Crippen LogP contribution is -2.32. The normalized spacial score (nSPS) is 9.59. The van der Waals surface area contributed by atoms with Crippen LogP contribution in [0.1, 0.15) is 17.3 Å². The van der Waals surface area contributed by atoms with Crippen LogP contribution in [0, 0.1) is 11.6 Å². The predicted molar refractivity (Wildman–Crippen MR) is 64.5 cm³/mol. The third kappa shape index (κ3) is 4.66. The predicted octanol–water partition coefficient (Wildman–Crippen LogP) is 1.73. The molecule has 0 aromatic heterocycles. The van der Waals surface area contributed by atoms with Crippen LogP contribution in [0.5, 0.6) is 0 Å². The lowest BCUT2D eigenvalue weighted by Gasteiger charge is -2.06. The fraction of sp³-hybridized carbons (Fsp3) is 0.364. The molecule has 0 saturated carbocycles. The van der Waals surface area contributed by atoms with Crippen LogP contribution in [-0.2, 0) is 0 Å². The van der Waals surface area contributed by atoms with Crippen LogP contribution >= 0.6 is 12.4 Å². The van der Waals surface area contributed by atoms with Crippen molar-refractivity contribution in [2.75, 3.05) is 19.6 Å². The molecule has 6 heteroatoms. The summed E-state index contributed by atoms with van der Waals surface area (Å²) in [6.07, 6.45) is 0. The second-order valence-electron chi connectivity index (χ2n) is 3.21. The highest BCUT2D eigenvalue weighted by molar-refractivity contribution is 5.94. The van der Waals surface area contributed by atoms with Crippen LogP contribution in [-0.4, -0.2) is 25.5 Å². The van der Waals surface area contributed by atoms with Gasteiger partial charge in [-0.3, -0.25) is 4.79 Å². The first kappa shape index (κ1) is 15.8. The molecular formula is C11H15ClF2N2O. The van der Waals surface area contributed by atoms with E-state index in [0.717, 1.165) is 12.6 Å². The number of carbonyl (C=O) groups is 1. The molecule has 17 heavy (non-hydrogen) atoms. The van der Waals surface area contributed by atoms with Crippen molar-refractivity contribution < 1.29 is 13.6 Å². The summed E-state index contributed by atoms with van der Waals surface area (Å²) in [5.74, 6) is -2.72. The SMILES string of the molecule is CCNCCNC(=O)c1cccc(F)c1F.Cl. The summed E-state index contributed by atoms with van der Waals surface area (Å²) in [4.78, 5) is 11.4. The minimum Gasteiger partial charge on any atom is -0.351 e. The van der Waals surface area contributed by atoms with E-state index in [9.17, 15) is 13.6 Å². The van der Waals surface area contributed by atoms with Gasteiger partial charge in [0.2, 0.25) is 0 Å². The van der Waals surface area contributed by atoms with E-state index in [1.54, 1.807) is 0 Å². The zero-order valence-corrected chi connectivity index (χ0v) is 10.2. The van der Waals surface area contributed by atoms with Crippen LogP contribution < -0.4 is 10.6 Å². The van der Waals surface area contributed by atoms with E-state index < -0.39 is 17.5 Å². The Kier molecular flexibility index (Phi) is 7.41. The Hall–Kier alpha value is -1.20. The quantitative estimate of drug-likeness (QED) is 0.796. The van der Waals surface area contributed by atoms with Gasteiger partial charge in [-0.25, -0.2) is 8.78 Å². The molecule has 0 saturated heterocycles. The second kappa shape index (κ2) is 7.97. The van der Waals surface area contributed by atoms with Crippen molar-refractivity contribution >= 4 is 18.3 Å². The van der Waals surface area contributed by atoms with Crippen molar-refractivity contribution in [3.63, 3.8) is 0 Å². The molecule has 0 radical (unpaired) electrons. The molecular weight excluding hydrogens is 250 g/mol. The van der Waals surface area contributed by atoms with Crippen LogP contribution in [0.4, 0.5) is 8.78 Å². The van der Waals surface area contributed by atoms with Gasteiger partial charge in [0.1, 0.15) is 0 Å². The Labute approximate surface area is 105 Å². The molecule has 0 unspecified atom stereocenters. The van der Waals surface area contributed by atoms with Crippen molar-refractivity contribution in [3.8, 4) is 0 Å². The highest BCUT2D eigenvalue weighted by Gasteiger charge is 2.13. The Morgan fingerprint density at radius 3 is 2.65 bits per heavy atom. The molecule has 96 valence electrons. The topological polar surface area (TPSA) is 41.1 Å². The van der Waals surface area contributed by atoms with Gasteiger partial charge < -0.3 is 10.6 Å². The van der Waals surface area contributed by atoms with E-state index in [0.29, 0.717) is 13.1 Å². The summed E-state index contributed by atoms with van der Waals surface area (Å²) in [7, 11) is 0. The lowest BCUT2D eigenvalue weighted by atomic mass is 10.2. The van der Waals surface area contributed by atoms with Crippen molar-refractivity contribution in [2.24, 2.45) is 0 Å². The van der Waals surface area contributed by atoms with Crippen molar-refractivity contribution in [1.29, 1.82) is 0 Å². The summed E-state index contributed by atoms with van der Waals surface area (Å²) >= 11 is 0. The van der Waals surface area contributed by atoms with Gasteiger partial charge in [-0.15, -0.1) is 12.4 Å². The van der Waals surface area contributed by atoms with E-state index in [1.807, 2.05) is 6.92 Å². The van der Waals surface area contributed by atoms with Gasteiger partial charge in [-0.05, 0) is 18.7 Å². The number of hydrogen-bond donors (Lipinski definition) is 2. The van der Waals surface area contributed by atoms with Crippen LogP contribution in [0.3, 0.4) is 0 Å². The zero-order chi connectivity index (χ0) is 12.0. The number of halogens is 3. The maximum atomic E-state index is 13.2. The molecule has 1 aromatic rings. The zero-order valence-electron chi connectivity index (χ0n) is 9.43. The molecule has 0 bridgehead atoms. The van der Waals surface area contributed by atoms with E-state index in [-0.39, 0.29) is 18.0 Å². The Morgan fingerprint density at radius 1 is 1.29 bits per heavy atom. The number of rotatable bonds is 5. The number of carbonyl (C=O) groups excluding carboxylic acids is 1. The molecule has 0 spiro atoms. The van der Waals surface area contributed by atoms with Gasteiger partial charge in [0.05, 0.1) is 5.56 Å². The van der Waals surface area contributed by atoms with E-state index >= 15 is 0 Å². The van der Waals surface area contributed by atoms with Crippen molar-refractivity contribution in [2.45, 2.75) is 6.92 Å². The fourth-order valence-corrected chi connectivity index (χ4v) is 1.22. The van der Waals surface area contributed by atoms with E-state index in [1.165, 1.54) is 12.1 Å². The highest BCUT2D eigenvalue weighted by atomic mass is 35.5. The average Bonchev–Trinajstić information content (AvgIpc) is 2.28. The van der Waals surface area contributed by atoms with Gasteiger partial charge in [-0.2, -0.15) is 0 Å². The summed E-state index contributed by atoms with van der Waals surface area (Å²) in [6.45, 7) is 3.71. The third-order valence-corrected chi connectivity index (χ3v) is 2.03. The molecule has 0 aliphatic heterocycles. The minimum atomic E-state index is -1.11. The monoisotopic (exact) mass is 264 g/mol. The molecule has 2 N–H and O–H groups in total. The van der Waals surface area contributed by atoms with Gasteiger partial charge in [0.25, 0.3) is 5.91 Å². The molecule has 0 aliphatic carbocycles. The summed E-state index contributed by atoms with van der Waals surface area (Å²) in [5.41, 5.74) is -0.267. The smallest absolute Gasteiger partial charge is 0.254 e. The highest BCUT2D eigenvalue weighted by Crippen LogP contribution is 2.10. The van der Waals surface area contributed by atoms with Crippen LogP contribution in [0.15, 0.2) is 18.2 Å². The van der Waals surface area contributed by atoms with Crippen LogP contribution in [0.25, 0.3) is 0 Å². The Morgan fingerprint density at radius 2 is 2.00 bits per heavy atom. The molecule has 1 aromatic carbocycles. The minimum absolute atomic E-state index is 0. The number of benzene rings is 1. The number of likely N-dealkylation sites (N-methyl/N-ethyl adjacent to an activating group) is 1. The van der Waals surface area contributed by atoms with Crippen molar-refractivity contribution in [3.05, 3.63) is 35.4 Å². The first-order chi connectivity index (χ1) is 7.66. The Balaban J connectivity index is 0.00000256. The largest absolute Gasteiger partial charge is 0.351 e. The fourth-order valence-electron chi connectivity index (χ4n) is 1.22. The van der Waals surface area contributed by atoms with Gasteiger partial charge >= 0.3 is 0 Å².